The van der Waals surface area contributed by atoms with Crippen LogP contribution in [0.3, 0.4) is 0 Å². The average molecular weight is 397 g/mol. The quantitative estimate of drug-likeness (QED) is 0.369. The lowest BCUT2D eigenvalue weighted by Gasteiger charge is -2.26. The van der Waals surface area contributed by atoms with Crippen molar-refractivity contribution in [3.63, 3.8) is 0 Å². The Labute approximate surface area is 163 Å². The second-order valence-electron chi connectivity index (χ2n) is 6.70. The molecule has 1 aliphatic rings. The van der Waals surface area contributed by atoms with Gasteiger partial charge in [0.15, 0.2) is 15.8 Å². The van der Waals surface area contributed by atoms with Crippen LogP contribution < -0.4 is 10.6 Å². The fourth-order valence-electron chi connectivity index (χ4n) is 2.89. The van der Waals surface area contributed by atoms with Crippen LogP contribution in [0.2, 0.25) is 0 Å². The third-order valence-electron chi connectivity index (χ3n) is 4.63. The number of ether oxygens (including phenoxy) is 1. The number of aliphatic imine (C=N–C) groups is 1. The van der Waals surface area contributed by atoms with Gasteiger partial charge in [0, 0.05) is 46.4 Å². The molecule has 1 fully saturated rings. The summed E-state index contributed by atoms with van der Waals surface area (Å²) in [6.45, 7) is 6.32. The third-order valence-corrected chi connectivity index (χ3v) is 6.24. The summed E-state index contributed by atoms with van der Waals surface area (Å²) in [7, 11) is -1.07. The summed E-state index contributed by atoms with van der Waals surface area (Å²) >= 11 is 0. The maximum Gasteiger partial charge on any atom is 0.191 e. The number of hydrogen-bond acceptors (Lipinski definition) is 5. The van der Waals surface area contributed by atoms with Crippen LogP contribution in [-0.2, 0) is 14.6 Å². The summed E-state index contributed by atoms with van der Waals surface area (Å²) in [5.41, 5.74) is 1.19. The molecule has 0 saturated carbocycles. The molecular formula is C19H32N4O3S. The van der Waals surface area contributed by atoms with E-state index < -0.39 is 9.84 Å². The largest absolute Gasteiger partial charge is 0.374 e. The van der Waals surface area contributed by atoms with E-state index in [2.05, 4.69) is 39.6 Å². The Morgan fingerprint density at radius 2 is 1.85 bits per heavy atom. The molecule has 1 saturated heterocycles. The van der Waals surface area contributed by atoms with Gasteiger partial charge in [0.1, 0.15) is 0 Å². The minimum Gasteiger partial charge on any atom is -0.374 e. The first-order valence-electron chi connectivity index (χ1n) is 9.54. The first-order valence-corrected chi connectivity index (χ1v) is 11.4. The van der Waals surface area contributed by atoms with E-state index in [-0.39, 0.29) is 17.6 Å². The topological polar surface area (TPSA) is 83.0 Å². The maximum absolute atomic E-state index is 11.4. The number of benzene rings is 1. The van der Waals surface area contributed by atoms with Crippen LogP contribution in [0.5, 0.6) is 0 Å². The smallest absolute Gasteiger partial charge is 0.191 e. The zero-order valence-corrected chi connectivity index (χ0v) is 17.2. The van der Waals surface area contributed by atoms with Gasteiger partial charge in [0.25, 0.3) is 0 Å². The van der Waals surface area contributed by atoms with Gasteiger partial charge in [-0.3, -0.25) is 9.89 Å². The predicted molar refractivity (Wildman–Crippen MR) is 110 cm³/mol. The average Bonchev–Trinajstić information content (AvgIpc) is 2.68. The summed E-state index contributed by atoms with van der Waals surface area (Å²) in [5, 5.41) is 6.55. The van der Waals surface area contributed by atoms with Crippen molar-refractivity contribution < 1.29 is 13.2 Å². The Bertz CT molecular complexity index is 665. The van der Waals surface area contributed by atoms with Gasteiger partial charge < -0.3 is 15.4 Å². The van der Waals surface area contributed by atoms with Crippen LogP contribution in [0.25, 0.3) is 0 Å². The van der Waals surface area contributed by atoms with E-state index in [1.807, 2.05) is 18.2 Å². The summed E-state index contributed by atoms with van der Waals surface area (Å²) in [4.78, 5) is 6.38. The van der Waals surface area contributed by atoms with Gasteiger partial charge in [0.05, 0.1) is 17.6 Å². The number of guanidine groups is 1. The molecule has 1 atom stereocenters. The van der Waals surface area contributed by atoms with E-state index in [1.54, 1.807) is 7.05 Å². The first-order chi connectivity index (χ1) is 13.0. The van der Waals surface area contributed by atoms with Crippen molar-refractivity contribution in [3.05, 3.63) is 35.9 Å². The normalized spacial score (nSPS) is 18.8. The molecule has 8 heteroatoms. The van der Waals surface area contributed by atoms with Crippen molar-refractivity contribution in [2.24, 2.45) is 4.99 Å². The minimum absolute atomic E-state index is 0.0944. The molecule has 1 aliphatic heterocycles. The minimum atomic E-state index is -2.81. The zero-order valence-electron chi connectivity index (χ0n) is 16.4. The molecule has 152 valence electrons. The number of hydrogen-bond donors (Lipinski definition) is 2. The zero-order chi connectivity index (χ0) is 19.5. The molecule has 27 heavy (non-hydrogen) atoms. The Kier molecular flexibility index (Phi) is 9.03. The van der Waals surface area contributed by atoms with Crippen molar-refractivity contribution in [1.82, 2.24) is 15.5 Å². The number of rotatable bonds is 9. The van der Waals surface area contributed by atoms with E-state index in [1.165, 1.54) is 5.56 Å². The van der Waals surface area contributed by atoms with Gasteiger partial charge in [-0.15, -0.1) is 0 Å². The highest BCUT2D eigenvalue weighted by Gasteiger charge is 2.20. The lowest BCUT2D eigenvalue weighted by molar-refractivity contribution is 0.0646. The summed E-state index contributed by atoms with van der Waals surface area (Å²) < 4.78 is 28.7. The maximum atomic E-state index is 11.4. The van der Waals surface area contributed by atoms with Crippen molar-refractivity contribution in [1.29, 1.82) is 0 Å². The Hall–Kier alpha value is -1.64. The fourth-order valence-corrected chi connectivity index (χ4v) is 4.16. The van der Waals surface area contributed by atoms with Gasteiger partial charge in [-0.25, -0.2) is 8.42 Å². The molecule has 0 bridgehead atoms. The van der Waals surface area contributed by atoms with Gasteiger partial charge in [0.2, 0.25) is 0 Å². The van der Waals surface area contributed by atoms with E-state index >= 15 is 0 Å². The molecule has 1 aromatic carbocycles. The molecule has 0 aliphatic carbocycles. The lowest BCUT2D eigenvalue weighted by atomic mass is 10.1. The van der Waals surface area contributed by atoms with Gasteiger partial charge in [-0.05, 0) is 18.9 Å². The number of nitrogens with zero attached hydrogens (tertiary/aromatic N) is 2. The first kappa shape index (κ1) is 21.7. The van der Waals surface area contributed by atoms with Crippen molar-refractivity contribution >= 4 is 15.8 Å². The molecule has 1 heterocycles. The van der Waals surface area contributed by atoms with Crippen LogP contribution in [0.15, 0.2) is 35.3 Å². The van der Waals surface area contributed by atoms with Crippen LogP contribution in [0.1, 0.15) is 25.0 Å². The van der Waals surface area contributed by atoms with Gasteiger partial charge >= 0.3 is 0 Å². The predicted octanol–water partition coefficient (Wildman–Crippen LogP) is 1.05. The standard InChI is InChI=1S/C19H32N4O3S/c1-17(18-7-4-3-5-8-18)26-14-6-9-21-19(20-2)22-10-11-23-12-15-27(24,25)16-13-23/h3-5,7-8,17H,6,9-16H2,1-2H3,(H2,20,21,22). The second kappa shape index (κ2) is 11.3. The molecular weight excluding hydrogens is 364 g/mol. The lowest BCUT2D eigenvalue weighted by Crippen LogP contribution is -2.46. The van der Waals surface area contributed by atoms with E-state index in [4.69, 9.17) is 4.74 Å². The van der Waals surface area contributed by atoms with E-state index in [9.17, 15) is 8.42 Å². The Morgan fingerprint density at radius 1 is 1.19 bits per heavy atom. The molecule has 7 nitrogen and oxygen atoms in total. The molecule has 0 aromatic heterocycles. The van der Waals surface area contributed by atoms with E-state index in [0.717, 1.165) is 32.0 Å². The SMILES string of the molecule is CN=C(NCCCOC(C)c1ccccc1)NCCN1CCS(=O)(=O)CC1. The summed E-state index contributed by atoms with van der Waals surface area (Å²) in [6, 6.07) is 10.2. The molecule has 2 N–H and O–H groups in total. The monoisotopic (exact) mass is 396 g/mol. The molecule has 1 aromatic rings. The van der Waals surface area contributed by atoms with Crippen molar-refractivity contribution in [2.75, 3.05) is 57.9 Å². The van der Waals surface area contributed by atoms with Crippen LogP contribution in [0.4, 0.5) is 0 Å². The highest BCUT2D eigenvalue weighted by atomic mass is 32.2. The highest BCUT2D eigenvalue weighted by Crippen LogP contribution is 2.15. The van der Waals surface area contributed by atoms with Crippen LogP contribution >= 0.6 is 0 Å². The van der Waals surface area contributed by atoms with Gasteiger partial charge in [-0.2, -0.15) is 0 Å². The highest BCUT2D eigenvalue weighted by molar-refractivity contribution is 7.91. The summed E-state index contributed by atoms with van der Waals surface area (Å²) in [5.74, 6) is 1.29. The molecule has 2 rings (SSSR count). The van der Waals surface area contributed by atoms with Gasteiger partial charge in [-0.1, -0.05) is 30.3 Å². The fraction of sp³-hybridized carbons (Fsp3) is 0.632. The summed E-state index contributed by atoms with van der Waals surface area (Å²) in [6.07, 6.45) is 0.985. The third kappa shape index (κ3) is 8.28. The van der Waals surface area contributed by atoms with Crippen molar-refractivity contribution in [3.8, 4) is 0 Å². The van der Waals surface area contributed by atoms with Crippen molar-refractivity contribution in [2.45, 2.75) is 19.4 Å². The van der Waals surface area contributed by atoms with E-state index in [0.29, 0.717) is 19.7 Å². The Balaban J connectivity index is 1.54. The molecule has 1 unspecified atom stereocenters. The second-order valence-corrected chi connectivity index (χ2v) is 9.00. The molecule has 0 amide bonds. The van der Waals surface area contributed by atoms with Crippen LogP contribution in [0, 0.1) is 0 Å². The molecule has 0 spiro atoms. The Morgan fingerprint density at radius 3 is 2.52 bits per heavy atom. The number of sulfone groups is 1. The van der Waals surface area contributed by atoms with Crippen LogP contribution in [-0.4, -0.2) is 77.2 Å². The molecule has 0 radical (unpaired) electrons. The number of nitrogens with one attached hydrogen (secondary N) is 2.